The monoisotopic (exact) mass is 213 g/mol. The lowest BCUT2D eigenvalue weighted by Gasteiger charge is -2.20. The third kappa shape index (κ3) is 1.88. The van der Waals surface area contributed by atoms with Crippen LogP contribution in [-0.2, 0) is 0 Å². The Hall–Kier alpha value is -1.33. The van der Waals surface area contributed by atoms with Crippen molar-refractivity contribution in [3.63, 3.8) is 0 Å². The van der Waals surface area contributed by atoms with Crippen molar-refractivity contribution in [3.05, 3.63) is 23.5 Å². The molecule has 2 rings (SSSR count). The van der Waals surface area contributed by atoms with E-state index in [1.807, 2.05) is 0 Å². The summed E-state index contributed by atoms with van der Waals surface area (Å²) in [5.41, 5.74) is 6.08. The zero-order valence-corrected chi connectivity index (χ0v) is 8.07. The van der Waals surface area contributed by atoms with Crippen molar-refractivity contribution in [2.45, 2.75) is 6.04 Å². The van der Waals surface area contributed by atoms with Gasteiger partial charge in [-0.25, -0.2) is 4.39 Å². The first-order valence-electron chi connectivity index (χ1n) is 4.68. The largest absolute Gasteiger partial charge is 0.486 e. The number of aliphatic hydroxyl groups excluding tert-OH is 1. The van der Waals surface area contributed by atoms with Gasteiger partial charge in [-0.15, -0.1) is 0 Å². The van der Waals surface area contributed by atoms with Crippen LogP contribution in [-0.4, -0.2) is 24.9 Å². The van der Waals surface area contributed by atoms with Crippen molar-refractivity contribution in [2.24, 2.45) is 5.73 Å². The average molecular weight is 213 g/mol. The molecule has 1 aromatic rings. The van der Waals surface area contributed by atoms with E-state index in [0.717, 1.165) is 0 Å². The number of rotatable bonds is 2. The molecule has 3 N–H and O–H groups in total. The van der Waals surface area contributed by atoms with Crippen LogP contribution in [0.1, 0.15) is 11.6 Å². The van der Waals surface area contributed by atoms with Gasteiger partial charge in [-0.1, -0.05) is 0 Å². The maximum atomic E-state index is 13.5. The summed E-state index contributed by atoms with van der Waals surface area (Å²) in [5.74, 6) is -0.0404. The molecule has 1 aromatic carbocycles. The highest BCUT2D eigenvalue weighted by Crippen LogP contribution is 2.35. The van der Waals surface area contributed by atoms with Gasteiger partial charge in [0.15, 0.2) is 17.3 Å². The van der Waals surface area contributed by atoms with E-state index >= 15 is 0 Å². The van der Waals surface area contributed by atoms with Crippen LogP contribution in [0.15, 0.2) is 12.1 Å². The minimum atomic E-state index is -0.602. The summed E-state index contributed by atoms with van der Waals surface area (Å²) >= 11 is 0. The fourth-order valence-electron chi connectivity index (χ4n) is 1.45. The quantitative estimate of drug-likeness (QED) is 0.754. The van der Waals surface area contributed by atoms with E-state index in [-0.39, 0.29) is 12.4 Å². The lowest BCUT2D eigenvalue weighted by atomic mass is 10.1. The van der Waals surface area contributed by atoms with Gasteiger partial charge < -0.3 is 20.3 Å². The van der Waals surface area contributed by atoms with Gasteiger partial charge in [0, 0.05) is 0 Å². The maximum Gasteiger partial charge on any atom is 0.197 e. The van der Waals surface area contributed by atoms with Gasteiger partial charge in [0.2, 0.25) is 0 Å². The molecular formula is C10H12FNO3. The fraction of sp³-hybridized carbons (Fsp3) is 0.400. The zero-order chi connectivity index (χ0) is 10.8. The average Bonchev–Trinajstić information content (AvgIpc) is 2.28. The van der Waals surface area contributed by atoms with Gasteiger partial charge in [-0.05, 0) is 17.7 Å². The molecule has 0 saturated heterocycles. The molecule has 0 bridgehead atoms. The molecule has 0 amide bonds. The van der Waals surface area contributed by atoms with Crippen molar-refractivity contribution < 1.29 is 19.0 Å². The Morgan fingerprint density at radius 3 is 2.87 bits per heavy atom. The second kappa shape index (κ2) is 4.04. The Balaban J connectivity index is 2.40. The summed E-state index contributed by atoms with van der Waals surface area (Å²) in [5, 5.41) is 8.86. The number of benzene rings is 1. The molecule has 1 aliphatic heterocycles. The van der Waals surface area contributed by atoms with E-state index < -0.39 is 11.9 Å². The molecule has 1 atom stereocenters. The molecule has 82 valence electrons. The van der Waals surface area contributed by atoms with Crippen LogP contribution in [0, 0.1) is 5.82 Å². The number of ether oxygens (including phenoxy) is 2. The van der Waals surface area contributed by atoms with E-state index in [9.17, 15) is 4.39 Å². The van der Waals surface area contributed by atoms with E-state index in [2.05, 4.69) is 0 Å². The van der Waals surface area contributed by atoms with Crippen molar-refractivity contribution in [1.29, 1.82) is 0 Å². The molecule has 0 spiro atoms. The van der Waals surface area contributed by atoms with Crippen molar-refractivity contribution >= 4 is 0 Å². The molecule has 1 heterocycles. The Bertz CT molecular complexity index is 370. The van der Waals surface area contributed by atoms with Crippen LogP contribution in [0.2, 0.25) is 0 Å². The number of aliphatic hydroxyl groups is 1. The fourth-order valence-corrected chi connectivity index (χ4v) is 1.45. The topological polar surface area (TPSA) is 64.7 Å². The Morgan fingerprint density at radius 1 is 1.40 bits per heavy atom. The molecule has 0 fully saturated rings. The number of hydrogen-bond donors (Lipinski definition) is 2. The normalized spacial score (nSPS) is 16.2. The van der Waals surface area contributed by atoms with Crippen LogP contribution < -0.4 is 15.2 Å². The van der Waals surface area contributed by atoms with E-state index in [4.69, 9.17) is 20.3 Å². The Labute approximate surface area is 86.4 Å². The molecule has 1 unspecified atom stereocenters. The smallest absolute Gasteiger partial charge is 0.197 e. The van der Waals surface area contributed by atoms with E-state index in [1.165, 1.54) is 6.07 Å². The second-order valence-corrected chi connectivity index (χ2v) is 3.32. The number of hydrogen-bond acceptors (Lipinski definition) is 4. The van der Waals surface area contributed by atoms with Gasteiger partial charge in [-0.2, -0.15) is 0 Å². The van der Waals surface area contributed by atoms with Crippen molar-refractivity contribution in [3.8, 4) is 11.5 Å². The Morgan fingerprint density at radius 2 is 2.13 bits per heavy atom. The minimum absolute atomic E-state index is 0.120. The van der Waals surface area contributed by atoms with Crippen molar-refractivity contribution in [1.82, 2.24) is 0 Å². The standard InChI is InChI=1S/C10H12FNO3/c11-7-3-6(8(12)5-13)4-9-10(7)15-2-1-14-9/h3-4,8,13H,1-2,5,12H2. The van der Waals surface area contributed by atoms with Gasteiger partial charge in [0.1, 0.15) is 13.2 Å². The summed E-state index contributed by atoms with van der Waals surface area (Å²) < 4.78 is 23.8. The lowest BCUT2D eigenvalue weighted by molar-refractivity contribution is 0.163. The van der Waals surface area contributed by atoms with Gasteiger partial charge in [0.05, 0.1) is 12.6 Å². The first kappa shape index (κ1) is 10.2. The van der Waals surface area contributed by atoms with Crippen LogP contribution in [0.5, 0.6) is 11.5 Å². The van der Waals surface area contributed by atoms with Gasteiger partial charge >= 0.3 is 0 Å². The van der Waals surface area contributed by atoms with Gasteiger partial charge in [0.25, 0.3) is 0 Å². The highest BCUT2D eigenvalue weighted by atomic mass is 19.1. The molecular weight excluding hydrogens is 201 g/mol. The molecule has 15 heavy (non-hydrogen) atoms. The first-order chi connectivity index (χ1) is 7.22. The molecule has 0 radical (unpaired) electrons. The predicted octanol–water partition coefficient (Wildman–Crippen LogP) is 0.589. The molecule has 0 aliphatic carbocycles. The van der Waals surface area contributed by atoms with E-state index in [1.54, 1.807) is 6.07 Å². The Kier molecular flexibility index (Phi) is 2.75. The third-order valence-corrected chi connectivity index (χ3v) is 2.24. The zero-order valence-electron chi connectivity index (χ0n) is 8.07. The predicted molar refractivity (Wildman–Crippen MR) is 51.4 cm³/mol. The highest BCUT2D eigenvalue weighted by molar-refractivity contribution is 5.45. The summed E-state index contributed by atoms with van der Waals surface area (Å²) in [6.45, 7) is 0.499. The van der Waals surface area contributed by atoms with E-state index in [0.29, 0.717) is 24.5 Å². The molecule has 0 aromatic heterocycles. The summed E-state index contributed by atoms with van der Waals surface area (Å²) in [7, 11) is 0. The minimum Gasteiger partial charge on any atom is -0.486 e. The van der Waals surface area contributed by atoms with Gasteiger partial charge in [-0.3, -0.25) is 0 Å². The lowest BCUT2D eigenvalue weighted by Crippen LogP contribution is -2.19. The van der Waals surface area contributed by atoms with Crippen LogP contribution >= 0.6 is 0 Å². The third-order valence-electron chi connectivity index (χ3n) is 2.24. The SMILES string of the molecule is NC(CO)c1cc(F)c2c(c1)OCCO2. The molecule has 4 nitrogen and oxygen atoms in total. The summed E-state index contributed by atoms with van der Waals surface area (Å²) in [6, 6.07) is 2.25. The summed E-state index contributed by atoms with van der Waals surface area (Å²) in [4.78, 5) is 0. The number of fused-ring (bicyclic) bond motifs is 1. The molecule has 0 saturated carbocycles. The van der Waals surface area contributed by atoms with Crippen molar-refractivity contribution in [2.75, 3.05) is 19.8 Å². The second-order valence-electron chi connectivity index (χ2n) is 3.32. The maximum absolute atomic E-state index is 13.5. The van der Waals surface area contributed by atoms with Crippen LogP contribution in [0.3, 0.4) is 0 Å². The van der Waals surface area contributed by atoms with Crippen LogP contribution in [0.25, 0.3) is 0 Å². The molecule has 5 heteroatoms. The first-order valence-corrected chi connectivity index (χ1v) is 4.68. The molecule has 1 aliphatic rings. The summed E-state index contributed by atoms with van der Waals surface area (Å²) in [6.07, 6.45) is 0. The number of nitrogens with two attached hydrogens (primary N) is 1. The highest BCUT2D eigenvalue weighted by Gasteiger charge is 2.19. The van der Waals surface area contributed by atoms with Crippen LogP contribution in [0.4, 0.5) is 4.39 Å². The number of halogens is 1.